The summed E-state index contributed by atoms with van der Waals surface area (Å²) in [6, 6.07) is 1.71. The highest BCUT2D eigenvalue weighted by molar-refractivity contribution is 5.43. The van der Waals surface area contributed by atoms with E-state index in [0.717, 1.165) is 38.3 Å². The number of rotatable bonds is 6. The maximum Gasteiger partial charge on any atom is 0.268 e. The lowest BCUT2D eigenvalue weighted by molar-refractivity contribution is 0.531. The van der Waals surface area contributed by atoms with Gasteiger partial charge in [0.05, 0.1) is 18.4 Å². The van der Waals surface area contributed by atoms with Crippen LogP contribution in [-0.4, -0.2) is 36.0 Å². The number of anilines is 1. The predicted octanol–water partition coefficient (Wildman–Crippen LogP) is 0.843. The smallest absolute Gasteiger partial charge is 0.268 e. The van der Waals surface area contributed by atoms with Crippen LogP contribution in [0.1, 0.15) is 26.2 Å². The van der Waals surface area contributed by atoms with Gasteiger partial charge in [-0.25, -0.2) is 4.68 Å². The summed E-state index contributed by atoms with van der Waals surface area (Å²) < 4.78 is 1.53. The fraction of sp³-hybridized carbons (Fsp3) is 0.692. The molecule has 0 atom stereocenters. The van der Waals surface area contributed by atoms with Crippen LogP contribution in [0.15, 0.2) is 17.1 Å². The third kappa shape index (κ3) is 3.32. The molecule has 0 spiro atoms. The van der Waals surface area contributed by atoms with Crippen LogP contribution < -0.4 is 15.8 Å². The summed E-state index contributed by atoms with van der Waals surface area (Å²) in [6.45, 7) is 6.64. The van der Waals surface area contributed by atoms with Crippen LogP contribution in [0.25, 0.3) is 0 Å². The molecular weight excluding hydrogens is 228 g/mol. The first-order chi connectivity index (χ1) is 8.81. The fourth-order valence-corrected chi connectivity index (χ4v) is 2.23. The fourth-order valence-electron chi connectivity index (χ4n) is 2.23. The van der Waals surface area contributed by atoms with Crippen molar-refractivity contribution in [1.82, 2.24) is 15.1 Å². The highest BCUT2D eigenvalue weighted by atomic mass is 16.1. The van der Waals surface area contributed by atoms with Gasteiger partial charge in [-0.1, -0.05) is 6.92 Å². The molecule has 2 heterocycles. The Balaban J connectivity index is 1.94. The normalized spacial score (nSPS) is 15.3. The Morgan fingerprint density at radius 2 is 2.11 bits per heavy atom. The lowest BCUT2D eigenvalue weighted by Gasteiger charge is -2.17. The van der Waals surface area contributed by atoms with Gasteiger partial charge in [0.1, 0.15) is 0 Å². The highest BCUT2D eigenvalue weighted by Gasteiger charge is 2.13. The van der Waals surface area contributed by atoms with Crippen LogP contribution in [0, 0.1) is 0 Å². The van der Waals surface area contributed by atoms with Crippen molar-refractivity contribution in [1.29, 1.82) is 0 Å². The Labute approximate surface area is 108 Å². The second-order valence-corrected chi connectivity index (χ2v) is 4.72. The van der Waals surface area contributed by atoms with E-state index in [4.69, 9.17) is 0 Å². The first-order valence-electron chi connectivity index (χ1n) is 6.84. The molecule has 1 aromatic rings. The molecule has 0 unspecified atom stereocenters. The van der Waals surface area contributed by atoms with Crippen LogP contribution >= 0.6 is 0 Å². The zero-order valence-electron chi connectivity index (χ0n) is 11.1. The summed E-state index contributed by atoms with van der Waals surface area (Å²) in [7, 11) is 0. The first-order valence-corrected chi connectivity index (χ1v) is 6.84. The Morgan fingerprint density at radius 3 is 2.78 bits per heavy atom. The van der Waals surface area contributed by atoms with Crippen LogP contribution in [0.2, 0.25) is 0 Å². The van der Waals surface area contributed by atoms with Crippen molar-refractivity contribution >= 4 is 5.69 Å². The van der Waals surface area contributed by atoms with Crippen molar-refractivity contribution in [2.45, 2.75) is 32.7 Å². The summed E-state index contributed by atoms with van der Waals surface area (Å²) in [5.74, 6) is 0. The molecule has 0 radical (unpaired) electrons. The summed E-state index contributed by atoms with van der Waals surface area (Å²) in [5.41, 5.74) is 0.966. The van der Waals surface area contributed by atoms with Crippen molar-refractivity contribution < 1.29 is 0 Å². The molecule has 0 aliphatic carbocycles. The number of hydrogen-bond donors (Lipinski definition) is 1. The van der Waals surface area contributed by atoms with Crippen LogP contribution in [0.4, 0.5) is 5.69 Å². The van der Waals surface area contributed by atoms with Gasteiger partial charge in [-0.15, -0.1) is 0 Å². The molecule has 1 aliphatic heterocycles. The van der Waals surface area contributed by atoms with E-state index < -0.39 is 0 Å². The monoisotopic (exact) mass is 250 g/mol. The molecule has 1 aromatic heterocycles. The topological polar surface area (TPSA) is 50.2 Å². The minimum atomic E-state index is -0.00213. The third-order valence-corrected chi connectivity index (χ3v) is 3.25. The molecule has 1 fully saturated rings. The molecule has 18 heavy (non-hydrogen) atoms. The summed E-state index contributed by atoms with van der Waals surface area (Å²) in [5, 5.41) is 7.51. The van der Waals surface area contributed by atoms with Crippen molar-refractivity contribution in [3.05, 3.63) is 22.6 Å². The number of nitrogens with zero attached hydrogens (tertiary/aromatic N) is 3. The van der Waals surface area contributed by atoms with E-state index in [9.17, 15) is 4.79 Å². The summed E-state index contributed by atoms with van der Waals surface area (Å²) >= 11 is 0. The summed E-state index contributed by atoms with van der Waals surface area (Å²) in [4.78, 5) is 14.1. The lowest BCUT2D eigenvalue weighted by Crippen LogP contribution is -2.30. The van der Waals surface area contributed by atoms with Gasteiger partial charge in [0, 0.05) is 25.7 Å². The lowest BCUT2D eigenvalue weighted by atomic mass is 10.4. The third-order valence-electron chi connectivity index (χ3n) is 3.25. The molecule has 1 saturated heterocycles. The number of nitrogens with one attached hydrogen (secondary N) is 1. The quantitative estimate of drug-likeness (QED) is 0.760. The molecular formula is C13H22N4O. The zero-order valence-corrected chi connectivity index (χ0v) is 11.1. The minimum Gasteiger partial charge on any atom is -0.370 e. The molecule has 5 nitrogen and oxygen atoms in total. The second-order valence-electron chi connectivity index (χ2n) is 4.72. The van der Waals surface area contributed by atoms with Crippen molar-refractivity contribution in [3.63, 3.8) is 0 Å². The standard InChI is InChI=1S/C13H22N4O/c1-2-5-14-6-9-17-13(18)10-12(11-15-17)16-7-3-4-8-16/h10-11,14H,2-9H2,1H3. The molecule has 1 aliphatic rings. The number of aromatic nitrogens is 2. The first kappa shape index (κ1) is 13.1. The van der Waals surface area contributed by atoms with Crippen LogP contribution in [0.5, 0.6) is 0 Å². The largest absolute Gasteiger partial charge is 0.370 e. The molecule has 5 heteroatoms. The molecule has 0 aromatic carbocycles. The molecule has 0 bridgehead atoms. The Hall–Kier alpha value is -1.36. The zero-order chi connectivity index (χ0) is 12.8. The summed E-state index contributed by atoms with van der Waals surface area (Å²) in [6.07, 6.45) is 5.34. The Bertz CT molecular complexity index is 423. The maximum absolute atomic E-state index is 11.9. The van der Waals surface area contributed by atoms with Gasteiger partial charge in [-0.2, -0.15) is 5.10 Å². The van der Waals surface area contributed by atoms with Gasteiger partial charge in [-0.05, 0) is 25.8 Å². The van der Waals surface area contributed by atoms with E-state index in [1.807, 2.05) is 6.20 Å². The molecule has 100 valence electrons. The average Bonchev–Trinajstić information content (AvgIpc) is 2.90. The van der Waals surface area contributed by atoms with E-state index in [1.54, 1.807) is 6.07 Å². The van der Waals surface area contributed by atoms with Crippen LogP contribution in [-0.2, 0) is 6.54 Å². The molecule has 0 amide bonds. The van der Waals surface area contributed by atoms with E-state index in [0.29, 0.717) is 6.54 Å². The molecule has 1 N–H and O–H groups in total. The van der Waals surface area contributed by atoms with E-state index in [-0.39, 0.29) is 5.56 Å². The van der Waals surface area contributed by atoms with Crippen LogP contribution in [0.3, 0.4) is 0 Å². The Morgan fingerprint density at radius 1 is 1.33 bits per heavy atom. The van der Waals surface area contributed by atoms with Gasteiger partial charge in [-0.3, -0.25) is 4.79 Å². The van der Waals surface area contributed by atoms with Gasteiger partial charge >= 0.3 is 0 Å². The number of hydrogen-bond acceptors (Lipinski definition) is 4. The SMILES string of the molecule is CCCNCCn1ncc(N2CCCC2)cc1=O. The molecule has 0 saturated carbocycles. The van der Waals surface area contributed by atoms with Crippen molar-refractivity contribution in [2.75, 3.05) is 31.1 Å². The van der Waals surface area contributed by atoms with E-state index in [2.05, 4.69) is 22.2 Å². The van der Waals surface area contributed by atoms with Crippen molar-refractivity contribution in [2.24, 2.45) is 0 Å². The predicted molar refractivity (Wildman–Crippen MR) is 73.1 cm³/mol. The highest BCUT2D eigenvalue weighted by Crippen LogP contribution is 2.16. The van der Waals surface area contributed by atoms with Gasteiger partial charge in [0.25, 0.3) is 5.56 Å². The molecule has 2 rings (SSSR count). The van der Waals surface area contributed by atoms with Gasteiger partial charge < -0.3 is 10.2 Å². The second kappa shape index (κ2) is 6.54. The Kier molecular flexibility index (Phi) is 4.75. The van der Waals surface area contributed by atoms with E-state index >= 15 is 0 Å². The van der Waals surface area contributed by atoms with Gasteiger partial charge in [0.15, 0.2) is 0 Å². The van der Waals surface area contributed by atoms with Gasteiger partial charge in [0.2, 0.25) is 0 Å². The average molecular weight is 250 g/mol. The van der Waals surface area contributed by atoms with E-state index in [1.165, 1.54) is 17.5 Å². The maximum atomic E-state index is 11.9. The van der Waals surface area contributed by atoms with Crippen molar-refractivity contribution in [3.8, 4) is 0 Å². The minimum absolute atomic E-state index is 0.00213.